The van der Waals surface area contributed by atoms with E-state index in [9.17, 15) is 9.59 Å². The number of ether oxygens (including phenoxy) is 4. The fraction of sp³-hybridized carbons (Fsp3) is 0.0938. The summed E-state index contributed by atoms with van der Waals surface area (Å²) in [4.78, 5) is 29.8. The number of carbonyl (C=O) groups is 2. The fourth-order valence-electron chi connectivity index (χ4n) is 4.54. The van der Waals surface area contributed by atoms with E-state index in [1.807, 2.05) is 48.5 Å². The van der Waals surface area contributed by atoms with Crippen molar-refractivity contribution in [3.8, 4) is 34.1 Å². The molecule has 11 heteroatoms. The topological polar surface area (TPSA) is 111 Å². The zero-order valence-electron chi connectivity index (χ0n) is 23.2. The van der Waals surface area contributed by atoms with Crippen LogP contribution < -0.4 is 24.4 Å². The number of hydrogen-bond acceptors (Lipinski definition) is 7. The molecule has 1 heterocycles. The number of esters is 1. The third kappa shape index (κ3) is 6.37. The molecule has 2 N–H and O–H groups in total. The van der Waals surface area contributed by atoms with E-state index < -0.39 is 11.9 Å². The summed E-state index contributed by atoms with van der Waals surface area (Å²) in [5.41, 5.74) is 6.17. The highest BCUT2D eigenvalue weighted by atomic mass is 127. The first-order chi connectivity index (χ1) is 20.8. The van der Waals surface area contributed by atoms with Crippen molar-refractivity contribution in [2.45, 2.75) is 0 Å². The average molecular weight is 754 g/mol. The van der Waals surface area contributed by atoms with Gasteiger partial charge in [-0.3, -0.25) is 4.79 Å². The monoisotopic (exact) mass is 753 g/mol. The minimum atomic E-state index is -0.652. The number of hydrazone groups is 1. The number of rotatable bonds is 9. The van der Waals surface area contributed by atoms with E-state index in [0.29, 0.717) is 28.5 Å². The lowest BCUT2D eigenvalue weighted by atomic mass is 10.0. The Morgan fingerprint density at radius 2 is 1.60 bits per heavy atom. The summed E-state index contributed by atoms with van der Waals surface area (Å²) in [6, 6.07) is 23.7. The lowest BCUT2D eigenvalue weighted by Gasteiger charge is -2.14. The van der Waals surface area contributed by atoms with Crippen molar-refractivity contribution in [1.29, 1.82) is 0 Å². The number of aromatic nitrogens is 1. The van der Waals surface area contributed by atoms with Crippen LogP contribution >= 0.6 is 38.5 Å². The Balaban J connectivity index is 1.41. The molecule has 5 rings (SSSR count). The molecule has 9 nitrogen and oxygen atoms in total. The molecule has 1 aromatic heterocycles. The first-order valence-corrected chi connectivity index (χ1v) is 14.7. The van der Waals surface area contributed by atoms with Crippen LogP contribution in [0, 0.1) is 3.57 Å². The lowest BCUT2D eigenvalue weighted by molar-refractivity contribution is 0.0733. The normalized spacial score (nSPS) is 11.0. The van der Waals surface area contributed by atoms with Crippen LogP contribution in [-0.2, 0) is 0 Å². The fourth-order valence-corrected chi connectivity index (χ4v) is 5.56. The van der Waals surface area contributed by atoms with E-state index >= 15 is 0 Å². The van der Waals surface area contributed by atoms with Gasteiger partial charge in [0.05, 0.1) is 38.6 Å². The number of halogens is 2. The summed E-state index contributed by atoms with van der Waals surface area (Å²) in [6.45, 7) is 0. The number of amides is 1. The van der Waals surface area contributed by atoms with Crippen LogP contribution in [0.5, 0.6) is 23.0 Å². The second-order valence-electron chi connectivity index (χ2n) is 9.09. The summed E-state index contributed by atoms with van der Waals surface area (Å²) in [7, 11) is 4.40. The third-order valence-electron chi connectivity index (χ3n) is 6.52. The smallest absolute Gasteiger partial charge is 0.343 e. The van der Waals surface area contributed by atoms with E-state index in [4.69, 9.17) is 18.9 Å². The van der Waals surface area contributed by atoms with Crippen molar-refractivity contribution in [2.75, 3.05) is 21.3 Å². The molecular weight excluding hydrogens is 729 g/mol. The molecule has 0 fully saturated rings. The first kappa shape index (κ1) is 30.1. The molecular formula is C32H25BrIN3O6. The van der Waals surface area contributed by atoms with Crippen LogP contribution in [0.2, 0.25) is 0 Å². The molecule has 0 radical (unpaired) electrons. The Kier molecular flexibility index (Phi) is 9.31. The number of methoxy groups -OCH3 is 3. The molecule has 0 spiro atoms. The Labute approximate surface area is 269 Å². The van der Waals surface area contributed by atoms with Crippen molar-refractivity contribution < 1.29 is 28.5 Å². The summed E-state index contributed by atoms with van der Waals surface area (Å²) in [5.74, 6) is 0.138. The van der Waals surface area contributed by atoms with Gasteiger partial charge in [-0.1, -0.05) is 58.4 Å². The van der Waals surface area contributed by atoms with E-state index in [1.165, 1.54) is 39.7 Å². The second kappa shape index (κ2) is 13.3. The Morgan fingerprint density at radius 3 is 2.28 bits per heavy atom. The third-order valence-corrected chi connectivity index (χ3v) is 7.91. The first-order valence-electron chi connectivity index (χ1n) is 12.8. The molecule has 0 unspecified atom stereocenters. The molecule has 218 valence electrons. The Morgan fingerprint density at radius 1 is 0.884 bits per heavy atom. The number of nitrogens with one attached hydrogen (secondary N) is 2. The molecule has 1 amide bonds. The predicted molar refractivity (Wildman–Crippen MR) is 177 cm³/mol. The zero-order valence-corrected chi connectivity index (χ0v) is 27.0. The summed E-state index contributed by atoms with van der Waals surface area (Å²) in [5, 5.41) is 5.12. The Hall–Kier alpha value is -4.36. The van der Waals surface area contributed by atoms with Gasteiger partial charge in [0, 0.05) is 24.6 Å². The van der Waals surface area contributed by atoms with Crippen molar-refractivity contribution >= 4 is 67.5 Å². The van der Waals surface area contributed by atoms with Gasteiger partial charge in [0.1, 0.15) is 11.4 Å². The van der Waals surface area contributed by atoms with Crippen LogP contribution in [0.25, 0.3) is 22.0 Å². The highest BCUT2D eigenvalue weighted by molar-refractivity contribution is 14.1. The van der Waals surface area contributed by atoms with Gasteiger partial charge in [0.25, 0.3) is 5.91 Å². The number of fused-ring (bicyclic) bond motifs is 1. The number of para-hydroxylation sites is 1. The molecule has 5 aromatic rings. The predicted octanol–water partition coefficient (Wildman–Crippen LogP) is 7.21. The van der Waals surface area contributed by atoms with Crippen LogP contribution in [-0.4, -0.2) is 44.4 Å². The van der Waals surface area contributed by atoms with E-state index in [2.05, 4.69) is 54.0 Å². The molecule has 0 aliphatic rings. The zero-order chi connectivity index (χ0) is 30.5. The van der Waals surface area contributed by atoms with Gasteiger partial charge in [-0.2, -0.15) is 5.10 Å². The van der Waals surface area contributed by atoms with Crippen molar-refractivity contribution in [1.82, 2.24) is 10.4 Å². The number of hydrogen-bond donors (Lipinski definition) is 2. The van der Waals surface area contributed by atoms with Crippen LogP contribution in [0.4, 0.5) is 0 Å². The van der Waals surface area contributed by atoms with Gasteiger partial charge in [-0.05, 0) is 64.6 Å². The SMILES string of the molecule is COc1cc(C(=O)Oc2ccc(Br)cc2C=NNC(=O)c2[nH]c3c(I)cccc3c2-c2ccccc2)cc(OC)c1OC. The number of carbonyl (C=O) groups excluding carboxylic acids is 2. The number of benzene rings is 4. The standard InChI is InChI=1S/C32H25BrIN3O6/c1-40-25-15-19(16-26(41-2)30(25)42-3)32(39)43-24-13-12-21(33)14-20(24)17-35-37-31(38)29-27(18-8-5-4-6-9-18)22-10-7-11-23(34)28(22)36-29/h4-17,36H,1-3H3,(H,37,38). The molecule has 0 bridgehead atoms. The molecule has 43 heavy (non-hydrogen) atoms. The van der Waals surface area contributed by atoms with Gasteiger partial charge in [0.2, 0.25) is 5.75 Å². The minimum Gasteiger partial charge on any atom is -0.493 e. The van der Waals surface area contributed by atoms with Gasteiger partial charge >= 0.3 is 5.97 Å². The van der Waals surface area contributed by atoms with Crippen LogP contribution in [0.1, 0.15) is 26.4 Å². The van der Waals surface area contributed by atoms with E-state index in [-0.39, 0.29) is 11.3 Å². The Bertz CT molecular complexity index is 1830. The summed E-state index contributed by atoms with van der Waals surface area (Å²) < 4.78 is 23.5. The highest BCUT2D eigenvalue weighted by Crippen LogP contribution is 2.39. The number of H-pyrrole nitrogens is 1. The number of aromatic amines is 1. The highest BCUT2D eigenvalue weighted by Gasteiger charge is 2.21. The van der Waals surface area contributed by atoms with Gasteiger partial charge < -0.3 is 23.9 Å². The lowest BCUT2D eigenvalue weighted by Crippen LogP contribution is -2.19. The number of nitrogens with zero attached hydrogens (tertiary/aromatic N) is 1. The van der Waals surface area contributed by atoms with Crippen molar-refractivity contribution in [3.63, 3.8) is 0 Å². The molecule has 0 saturated heterocycles. The van der Waals surface area contributed by atoms with Crippen LogP contribution in [0.15, 0.2) is 88.4 Å². The van der Waals surface area contributed by atoms with E-state index in [1.54, 1.807) is 18.2 Å². The molecule has 4 aromatic carbocycles. The summed E-state index contributed by atoms with van der Waals surface area (Å²) in [6.07, 6.45) is 1.41. The molecule has 0 aliphatic heterocycles. The largest absolute Gasteiger partial charge is 0.493 e. The van der Waals surface area contributed by atoms with Gasteiger partial charge in [-0.25, -0.2) is 10.2 Å². The van der Waals surface area contributed by atoms with Crippen molar-refractivity contribution in [3.05, 3.63) is 104 Å². The van der Waals surface area contributed by atoms with Gasteiger partial charge in [0.15, 0.2) is 11.5 Å². The second-order valence-corrected chi connectivity index (χ2v) is 11.2. The maximum Gasteiger partial charge on any atom is 0.343 e. The van der Waals surface area contributed by atoms with Crippen molar-refractivity contribution in [2.24, 2.45) is 5.10 Å². The van der Waals surface area contributed by atoms with E-state index in [0.717, 1.165) is 30.1 Å². The molecule has 0 aliphatic carbocycles. The molecule has 0 atom stereocenters. The maximum absolute atomic E-state index is 13.4. The van der Waals surface area contributed by atoms with Gasteiger partial charge in [-0.15, -0.1) is 0 Å². The molecule has 0 saturated carbocycles. The summed E-state index contributed by atoms with van der Waals surface area (Å²) >= 11 is 5.68. The maximum atomic E-state index is 13.4. The average Bonchev–Trinajstić information content (AvgIpc) is 3.43. The quantitative estimate of drug-likeness (QED) is 0.0542. The van der Waals surface area contributed by atoms with Crippen LogP contribution in [0.3, 0.4) is 0 Å². The minimum absolute atomic E-state index is 0.190.